The number of nitrogens with one attached hydrogen (secondary N) is 1. The van der Waals surface area contributed by atoms with Crippen LogP contribution in [-0.4, -0.2) is 44.2 Å². The molecule has 0 aliphatic carbocycles. The molecule has 1 atom stereocenters. The number of halogens is 2. The first kappa shape index (κ1) is 10.8. The Morgan fingerprint density at radius 1 is 1.54 bits per heavy atom. The minimum Gasteiger partial charge on any atom is -0.312 e. The van der Waals surface area contributed by atoms with E-state index in [1.807, 2.05) is 0 Å². The van der Waals surface area contributed by atoms with Gasteiger partial charge in [0.1, 0.15) is 0 Å². The van der Waals surface area contributed by atoms with E-state index in [1.165, 1.54) is 0 Å². The number of nitrogens with zero attached hydrogens (tertiary/aromatic N) is 1. The van der Waals surface area contributed by atoms with Gasteiger partial charge in [-0.2, -0.15) is 13.1 Å². The predicted octanol–water partition coefficient (Wildman–Crippen LogP) is -0.167. The van der Waals surface area contributed by atoms with E-state index in [-0.39, 0.29) is 19.1 Å². The smallest absolute Gasteiger partial charge is 0.312 e. The van der Waals surface area contributed by atoms with Crippen LogP contribution in [0, 0.1) is 0 Å². The molecule has 1 aliphatic rings. The highest BCUT2D eigenvalue weighted by molar-refractivity contribution is 7.89. The Bertz CT molecular complexity index is 268. The highest BCUT2D eigenvalue weighted by Crippen LogP contribution is 2.13. The molecule has 4 nitrogen and oxygen atoms in total. The van der Waals surface area contributed by atoms with Crippen LogP contribution in [0.15, 0.2) is 0 Å². The fraction of sp³-hybridized carbons (Fsp3) is 1.00. The van der Waals surface area contributed by atoms with Crippen LogP contribution < -0.4 is 5.32 Å². The van der Waals surface area contributed by atoms with Crippen LogP contribution in [0.2, 0.25) is 0 Å². The quantitative estimate of drug-likeness (QED) is 0.694. The van der Waals surface area contributed by atoms with Crippen molar-refractivity contribution in [2.75, 3.05) is 19.6 Å². The van der Waals surface area contributed by atoms with Crippen molar-refractivity contribution in [3.8, 4) is 0 Å². The maximum Gasteiger partial charge on any atom is 0.350 e. The highest BCUT2D eigenvalue weighted by atomic mass is 32.2. The van der Waals surface area contributed by atoms with E-state index in [0.717, 1.165) is 4.31 Å². The van der Waals surface area contributed by atoms with Crippen molar-refractivity contribution in [1.82, 2.24) is 9.62 Å². The van der Waals surface area contributed by atoms with E-state index in [2.05, 4.69) is 5.32 Å². The van der Waals surface area contributed by atoms with E-state index < -0.39 is 15.8 Å². The summed E-state index contributed by atoms with van der Waals surface area (Å²) in [5, 5.41) is 2.97. The molecule has 1 aliphatic heterocycles. The minimum atomic E-state index is -4.37. The number of rotatable bonds is 2. The van der Waals surface area contributed by atoms with Crippen LogP contribution in [0.5, 0.6) is 0 Å². The summed E-state index contributed by atoms with van der Waals surface area (Å²) in [5.41, 5.74) is 0. The second-order valence-electron chi connectivity index (χ2n) is 3.02. The maximum atomic E-state index is 12.1. The molecule has 0 radical (unpaired) electrons. The van der Waals surface area contributed by atoms with Crippen LogP contribution in [0.4, 0.5) is 8.78 Å². The molecule has 0 aromatic heterocycles. The highest BCUT2D eigenvalue weighted by Gasteiger charge is 2.34. The number of hydrogen-bond donors (Lipinski definition) is 1. The molecule has 1 fully saturated rings. The van der Waals surface area contributed by atoms with Crippen LogP contribution >= 0.6 is 0 Å². The molecule has 1 heterocycles. The molecule has 0 unspecified atom stereocenters. The number of sulfonamides is 1. The Kier molecular flexibility index (Phi) is 3.20. The first-order valence-corrected chi connectivity index (χ1v) is 5.45. The van der Waals surface area contributed by atoms with Gasteiger partial charge in [-0.05, 0) is 6.92 Å². The van der Waals surface area contributed by atoms with E-state index >= 15 is 0 Å². The van der Waals surface area contributed by atoms with Gasteiger partial charge in [-0.15, -0.1) is 0 Å². The zero-order chi connectivity index (χ0) is 10.1. The Morgan fingerprint density at radius 3 is 2.62 bits per heavy atom. The third kappa shape index (κ3) is 2.35. The van der Waals surface area contributed by atoms with Crippen LogP contribution in [0.1, 0.15) is 6.92 Å². The summed E-state index contributed by atoms with van der Waals surface area (Å²) in [5.74, 6) is -3.31. The Labute approximate surface area is 76.0 Å². The van der Waals surface area contributed by atoms with Gasteiger partial charge in [0.25, 0.3) is 10.0 Å². The van der Waals surface area contributed by atoms with Gasteiger partial charge >= 0.3 is 5.76 Å². The summed E-state index contributed by atoms with van der Waals surface area (Å²) in [7, 11) is -4.37. The average Bonchev–Trinajstić information content (AvgIpc) is 2.04. The minimum absolute atomic E-state index is 0.0673. The maximum absolute atomic E-state index is 12.1. The molecule has 7 heteroatoms. The molecule has 0 amide bonds. The molecule has 13 heavy (non-hydrogen) atoms. The fourth-order valence-electron chi connectivity index (χ4n) is 1.24. The summed E-state index contributed by atoms with van der Waals surface area (Å²) < 4.78 is 46.9. The van der Waals surface area contributed by atoms with Crippen molar-refractivity contribution in [2.45, 2.75) is 18.7 Å². The summed E-state index contributed by atoms with van der Waals surface area (Å²) in [4.78, 5) is 0. The van der Waals surface area contributed by atoms with Gasteiger partial charge in [-0.25, -0.2) is 8.42 Å². The van der Waals surface area contributed by atoms with Gasteiger partial charge in [-0.3, -0.25) is 0 Å². The SMILES string of the molecule is C[C@@H]1CN(S(=O)(=O)C(F)F)CCN1. The van der Waals surface area contributed by atoms with Gasteiger partial charge in [-0.1, -0.05) is 0 Å². The topological polar surface area (TPSA) is 49.4 Å². The lowest BCUT2D eigenvalue weighted by Crippen LogP contribution is -2.52. The first-order valence-electron chi connectivity index (χ1n) is 3.95. The Balaban J connectivity index is 2.71. The molecule has 1 rings (SSSR count). The average molecular weight is 214 g/mol. The van der Waals surface area contributed by atoms with Gasteiger partial charge < -0.3 is 5.32 Å². The second-order valence-corrected chi connectivity index (χ2v) is 4.92. The standard InChI is InChI=1S/C6H12F2N2O2S/c1-5-4-10(3-2-9-5)13(11,12)6(7)8/h5-6,9H,2-4H2,1H3/t5-/m1/s1. The summed E-state index contributed by atoms with van der Waals surface area (Å²) in [6.45, 7) is 2.42. The van der Waals surface area contributed by atoms with E-state index in [9.17, 15) is 17.2 Å². The van der Waals surface area contributed by atoms with E-state index in [1.54, 1.807) is 6.92 Å². The zero-order valence-electron chi connectivity index (χ0n) is 7.20. The van der Waals surface area contributed by atoms with Crippen molar-refractivity contribution in [3.63, 3.8) is 0 Å². The monoisotopic (exact) mass is 214 g/mol. The normalized spacial score (nSPS) is 26.6. The van der Waals surface area contributed by atoms with E-state index in [4.69, 9.17) is 0 Å². The van der Waals surface area contributed by atoms with Crippen LogP contribution in [-0.2, 0) is 10.0 Å². The first-order chi connectivity index (χ1) is 5.94. The summed E-state index contributed by atoms with van der Waals surface area (Å²) in [6.07, 6.45) is 0. The Morgan fingerprint density at radius 2 is 2.15 bits per heavy atom. The van der Waals surface area contributed by atoms with Gasteiger partial charge in [0.2, 0.25) is 0 Å². The summed E-state index contributed by atoms with van der Waals surface area (Å²) in [6, 6.07) is -0.0673. The zero-order valence-corrected chi connectivity index (χ0v) is 8.02. The van der Waals surface area contributed by atoms with Crippen molar-refractivity contribution in [3.05, 3.63) is 0 Å². The largest absolute Gasteiger partial charge is 0.350 e. The molecule has 1 N–H and O–H groups in total. The molecule has 0 bridgehead atoms. The number of alkyl halides is 2. The van der Waals surface area contributed by atoms with Crippen molar-refractivity contribution >= 4 is 10.0 Å². The van der Waals surface area contributed by atoms with Crippen LogP contribution in [0.25, 0.3) is 0 Å². The molecule has 78 valence electrons. The molecular formula is C6H12F2N2O2S. The van der Waals surface area contributed by atoms with Crippen molar-refractivity contribution < 1.29 is 17.2 Å². The van der Waals surface area contributed by atoms with Gasteiger partial charge in [0.15, 0.2) is 0 Å². The van der Waals surface area contributed by atoms with Crippen LogP contribution in [0.3, 0.4) is 0 Å². The lowest BCUT2D eigenvalue weighted by molar-refractivity contribution is 0.210. The molecular weight excluding hydrogens is 202 g/mol. The third-order valence-electron chi connectivity index (χ3n) is 1.92. The number of piperazine rings is 1. The number of hydrogen-bond acceptors (Lipinski definition) is 3. The third-order valence-corrected chi connectivity index (χ3v) is 3.42. The van der Waals surface area contributed by atoms with Crippen molar-refractivity contribution in [2.24, 2.45) is 0 Å². The molecule has 0 aromatic carbocycles. The summed E-state index contributed by atoms with van der Waals surface area (Å²) >= 11 is 0. The molecule has 0 saturated carbocycles. The van der Waals surface area contributed by atoms with Gasteiger partial charge in [0.05, 0.1) is 0 Å². The Hall–Kier alpha value is -0.270. The lowest BCUT2D eigenvalue weighted by atomic mass is 10.3. The van der Waals surface area contributed by atoms with Crippen molar-refractivity contribution in [1.29, 1.82) is 0 Å². The lowest BCUT2D eigenvalue weighted by Gasteiger charge is -2.30. The molecule has 0 spiro atoms. The van der Waals surface area contributed by atoms with Gasteiger partial charge in [0, 0.05) is 25.7 Å². The molecule has 0 aromatic rings. The van der Waals surface area contributed by atoms with E-state index in [0.29, 0.717) is 6.54 Å². The second kappa shape index (κ2) is 3.85. The fourth-order valence-corrected chi connectivity index (χ4v) is 2.24. The molecule has 1 saturated heterocycles. The predicted molar refractivity (Wildman–Crippen MR) is 44.0 cm³/mol.